The van der Waals surface area contributed by atoms with Crippen LogP contribution in [-0.4, -0.2) is 37.1 Å². The van der Waals surface area contributed by atoms with Crippen LogP contribution in [0.1, 0.15) is 194 Å². The van der Waals surface area contributed by atoms with Gasteiger partial charge in [-0.25, -0.2) is 4.79 Å². The van der Waals surface area contributed by atoms with Crippen LogP contribution in [0.5, 0.6) is 0 Å². The largest absolute Gasteiger partial charge is 0.466 e. The number of unbranched alkanes of at least 4 members (excludes halogenated alkanes) is 22. The van der Waals surface area contributed by atoms with Gasteiger partial charge in [0.05, 0.1) is 19.6 Å². The Hall–Kier alpha value is -1.59. The number of hydrogen-bond donors (Lipinski definition) is 1. The Morgan fingerprint density at radius 1 is 0.476 bits per heavy atom. The lowest BCUT2D eigenvalue weighted by atomic mass is 10.0. The number of rotatable bonds is 32. The summed E-state index contributed by atoms with van der Waals surface area (Å²) in [5.41, 5.74) is 0. The van der Waals surface area contributed by atoms with Crippen molar-refractivity contribution < 1.29 is 23.9 Å². The Morgan fingerprint density at radius 2 is 0.833 bits per heavy atom. The minimum atomic E-state index is -0.975. The number of nitrogens with one attached hydrogen (secondary N) is 1. The van der Waals surface area contributed by atoms with E-state index in [1.165, 1.54) is 96.3 Å². The lowest BCUT2D eigenvalue weighted by Crippen LogP contribution is -2.43. The summed E-state index contributed by atoms with van der Waals surface area (Å²) in [6.45, 7) is 7.29. The fourth-order valence-electron chi connectivity index (χ4n) is 5.21. The second-order valence-electron chi connectivity index (χ2n) is 12.2. The first-order chi connectivity index (χ1) is 20.5. The van der Waals surface area contributed by atoms with E-state index >= 15 is 0 Å². The van der Waals surface area contributed by atoms with Gasteiger partial charge >= 0.3 is 11.9 Å². The number of amides is 1. The van der Waals surface area contributed by atoms with Crippen molar-refractivity contribution in [2.24, 2.45) is 0 Å². The number of esters is 2. The normalized spacial score (nSPS) is 11.8. The molecule has 1 amide bonds. The van der Waals surface area contributed by atoms with Gasteiger partial charge < -0.3 is 14.8 Å². The lowest BCUT2D eigenvalue weighted by molar-refractivity contribution is -0.154. The highest BCUT2D eigenvalue weighted by atomic mass is 16.5. The van der Waals surface area contributed by atoms with Gasteiger partial charge in [-0.1, -0.05) is 162 Å². The Kier molecular flexibility index (Phi) is 31.1. The van der Waals surface area contributed by atoms with E-state index in [4.69, 9.17) is 9.47 Å². The fraction of sp³-hybridized carbons (Fsp3) is 0.917. The highest BCUT2D eigenvalue weighted by Gasteiger charge is 2.26. The zero-order chi connectivity index (χ0) is 30.9. The molecule has 6 nitrogen and oxygen atoms in total. The van der Waals surface area contributed by atoms with E-state index in [2.05, 4.69) is 26.1 Å². The predicted octanol–water partition coefficient (Wildman–Crippen LogP) is 10.1. The summed E-state index contributed by atoms with van der Waals surface area (Å²) >= 11 is 0. The average Bonchev–Trinajstić information content (AvgIpc) is 2.98. The molecule has 42 heavy (non-hydrogen) atoms. The van der Waals surface area contributed by atoms with E-state index in [1.807, 2.05) is 0 Å². The second-order valence-corrected chi connectivity index (χ2v) is 12.2. The van der Waals surface area contributed by atoms with Crippen molar-refractivity contribution in [2.45, 2.75) is 200 Å². The Balaban J connectivity index is 4.22. The summed E-state index contributed by atoms with van der Waals surface area (Å²) in [6.07, 6.45) is 29.8. The maximum absolute atomic E-state index is 12.7. The molecule has 248 valence electrons. The van der Waals surface area contributed by atoms with Crippen LogP contribution in [0.2, 0.25) is 0 Å². The molecule has 0 saturated heterocycles. The minimum Gasteiger partial charge on any atom is -0.466 e. The molecule has 1 N–H and O–H groups in total. The minimum absolute atomic E-state index is 0.171. The smallest absolute Gasteiger partial charge is 0.329 e. The summed E-state index contributed by atoms with van der Waals surface area (Å²) in [4.78, 5) is 37.8. The van der Waals surface area contributed by atoms with Crippen molar-refractivity contribution in [1.29, 1.82) is 0 Å². The van der Waals surface area contributed by atoms with Crippen LogP contribution >= 0.6 is 0 Å². The van der Waals surface area contributed by atoms with Gasteiger partial charge in [-0.15, -0.1) is 0 Å². The van der Waals surface area contributed by atoms with Gasteiger partial charge in [-0.05, 0) is 19.3 Å². The van der Waals surface area contributed by atoms with Gasteiger partial charge in [0.25, 0.3) is 0 Å². The number of carbonyl (C=O) groups excluding carboxylic acids is 3. The molecule has 0 unspecified atom stereocenters. The van der Waals surface area contributed by atoms with Crippen LogP contribution in [0.4, 0.5) is 0 Å². The molecule has 0 aliphatic carbocycles. The quantitative estimate of drug-likeness (QED) is 0.0618. The molecule has 0 heterocycles. The molecule has 1 atom stereocenters. The first-order valence-electron chi connectivity index (χ1n) is 18.2. The molecule has 6 heteroatoms. The van der Waals surface area contributed by atoms with Gasteiger partial charge in [0.2, 0.25) is 5.91 Å². The number of hydrogen-bond acceptors (Lipinski definition) is 5. The second kappa shape index (κ2) is 32.3. The molecule has 0 aromatic carbocycles. The monoisotopic (exact) mass is 596 g/mol. The van der Waals surface area contributed by atoms with E-state index < -0.39 is 18.0 Å². The Labute approximate surface area is 260 Å². The summed E-state index contributed by atoms with van der Waals surface area (Å²) in [5.74, 6) is -1.18. The third-order valence-corrected chi connectivity index (χ3v) is 8.00. The molecule has 0 saturated carbocycles. The molecule has 0 aliphatic rings. The third-order valence-electron chi connectivity index (χ3n) is 8.00. The van der Waals surface area contributed by atoms with Crippen LogP contribution in [0.3, 0.4) is 0 Å². The van der Waals surface area contributed by atoms with Gasteiger partial charge in [0.15, 0.2) is 0 Å². The molecule has 0 aromatic heterocycles. The van der Waals surface area contributed by atoms with E-state index in [0.29, 0.717) is 19.6 Å². The Morgan fingerprint density at radius 3 is 1.29 bits per heavy atom. The lowest BCUT2D eigenvalue weighted by Gasteiger charge is -2.17. The van der Waals surface area contributed by atoms with Crippen LogP contribution in [0, 0.1) is 0 Å². The summed E-state index contributed by atoms with van der Waals surface area (Å²) < 4.78 is 10.8. The molecular formula is C36H69NO5. The van der Waals surface area contributed by atoms with Gasteiger partial charge in [0.1, 0.15) is 6.04 Å². The molecular weight excluding hydrogens is 526 g/mol. The highest BCUT2D eigenvalue weighted by Crippen LogP contribution is 2.13. The molecule has 0 rings (SSSR count). The van der Waals surface area contributed by atoms with E-state index in [-0.39, 0.29) is 12.3 Å². The first-order valence-corrected chi connectivity index (χ1v) is 18.2. The maximum Gasteiger partial charge on any atom is 0.329 e. The fourth-order valence-corrected chi connectivity index (χ4v) is 5.21. The van der Waals surface area contributed by atoms with E-state index in [1.54, 1.807) is 0 Å². The van der Waals surface area contributed by atoms with Crippen LogP contribution in [-0.2, 0) is 23.9 Å². The third kappa shape index (κ3) is 28.5. The predicted molar refractivity (Wildman–Crippen MR) is 176 cm³/mol. The summed E-state index contributed by atoms with van der Waals surface area (Å²) in [7, 11) is 0. The standard InChI is InChI=1S/C36H69NO5/c1-4-7-10-13-15-17-18-19-20-21-22-24-26-29-34(38)37-33(36(40)42-31-27-12-9-6-3)32-35(39)41-30-28-25-23-16-14-11-8-5-2/h33H,4-32H2,1-3H3,(H,37,38)/t33-/m0/s1. The van der Waals surface area contributed by atoms with E-state index in [0.717, 1.165) is 64.2 Å². The molecule has 0 spiro atoms. The molecule has 0 fully saturated rings. The van der Waals surface area contributed by atoms with Gasteiger partial charge in [-0.3, -0.25) is 9.59 Å². The molecule has 0 radical (unpaired) electrons. The van der Waals surface area contributed by atoms with Gasteiger partial charge in [-0.2, -0.15) is 0 Å². The van der Waals surface area contributed by atoms with Crippen LogP contribution in [0.25, 0.3) is 0 Å². The summed E-state index contributed by atoms with van der Waals surface area (Å²) in [6, 6.07) is -0.975. The Bertz CT molecular complexity index is 624. The topological polar surface area (TPSA) is 81.7 Å². The van der Waals surface area contributed by atoms with Crippen molar-refractivity contribution in [3.8, 4) is 0 Å². The maximum atomic E-state index is 12.7. The average molecular weight is 596 g/mol. The first kappa shape index (κ1) is 40.4. The SMILES string of the molecule is CCCCCCCCCCCCCCCC(=O)N[C@@H](CC(=O)OCCCCCCCCCC)C(=O)OCCCCCC. The van der Waals surface area contributed by atoms with Crippen LogP contribution < -0.4 is 5.32 Å². The van der Waals surface area contributed by atoms with Crippen molar-refractivity contribution in [3.63, 3.8) is 0 Å². The van der Waals surface area contributed by atoms with Crippen molar-refractivity contribution in [2.75, 3.05) is 13.2 Å². The van der Waals surface area contributed by atoms with Crippen molar-refractivity contribution >= 4 is 17.8 Å². The number of ether oxygens (including phenoxy) is 2. The van der Waals surface area contributed by atoms with Crippen molar-refractivity contribution in [1.82, 2.24) is 5.32 Å². The zero-order valence-corrected chi connectivity index (χ0v) is 28.1. The highest BCUT2D eigenvalue weighted by molar-refractivity contribution is 5.88. The van der Waals surface area contributed by atoms with E-state index in [9.17, 15) is 14.4 Å². The van der Waals surface area contributed by atoms with Crippen molar-refractivity contribution in [3.05, 3.63) is 0 Å². The molecule has 0 bridgehead atoms. The van der Waals surface area contributed by atoms with Crippen LogP contribution in [0.15, 0.2) is 0 Å². The van der Waals surface area contributed by atoms with Gasteiger partial charge in [0, 0.05) is 6.42 Å². The molecule has 0 aliphatic heterocycles. The molecule has 0 aromatic rings. The zero-order valence-electron chi connectivity index (χ0n) is 28.1. The number of carbonyl (C=O) groups is 3. The summed E-state index contributed by atoms with van der Waals surface area (Å²) in [5, 5.41) is 2.76.